The first-order chi connectivity index (χ1) is 19.2. The van der Waals surface area contributed by atoms with E-state index in [2.05, 4.69) is 32.3 Å². The van der Waals surface area contributed by atoms with Gasteiger partial charge >= 0.3 is 6.18 Å². The standard InChI is InChI=1S/C28H33F3N6O3/c1-35(2)12-5-6-14-36-13-4-3-7-20(18-36)37-24-21(8-9-22-25(24)40-16-15-39-22)33-27(37)34-26(38)19-10-11-32-23(17-19)28(29,30)31/h5-6,8-11,17,20H,3-4,7,12-16,18H2,1-2H3,(H,33,34,38)/b6-5+/t20-/m1/s1. The number of hydrogen-bond acceptors (Lipinski definition) is 7. The number of alkyl halides is 3. The van der Waals surface area contributed by atoms with Gasteiger partial charge in [0.1, 0.15) is 24.4 Å². The van der Waals surface area contributed by atoms with Gasteiger partial charge in [-0.15, -0.1) is 0 Å². The Morgan fingerprint density at radius 3 is 2.80 bits per heavy atom. The first-order valence-electron chi connectivity index (χ1n) is 13.4. The van der Waals surface area contributed by atoms with Crippen LogP contribution in [0.4, 0.5) is 19.1 Å². The number of nitrogens with one attached hydrogen (secondary N) is 1. The molecule has 214 valence electrons. The number of fused-ring (bicyclic) bond motifs is 3. The van der Waals surface area contributed by atoms with Crippen LogP contribution in [0.2, 0.25) is 0 Å². The maximum absolute atomic E-state index is 13.2. The molecule has 4 heterocycles. The summed E-state index contributed by atoms with van der Waals surface area (Å²) >= 11 is 0. The zero-order valence-corrected chi connectivity index (χ0v) is 22.6. The summed E-state index contributed by atoms with van der Waals surface area (Å²) in [7, 11) is 4.04. The van der Waals surface area contributed by atoms with Crippen molar-refractivity contribution in [3.8, 4) is 11.5 Å². The molecule has 0 unspecified atom stereocenters. The van der Waals surface area contributed by atoms with Crippen molar-refractivity contribution in [3.63, 3.8) is 0 Å². The van der Waals surface area contributed by atoms with Gasteiger partial charge in [-0.05, 0) is 57.7 Å². The van der Waals surface area contributed by atoms with Gasteiger partial charge in [0, 0.05) is 37.4 Å². The van der Waals surface area contributed by atoms with Crippen molar-refractivity contribution < 1.29 is 27.4 Å². The highest BCUT2D eigenvalue weighted by atomic mass is 19.4. The number of halogens is 3. The highest BCUT2D eigenvalue weighted by Gasteiger charge is 2.33. The zero-order chi connectivity index (χ0) is 28.3. The van der Waals surface area contributed by atoms with Gasteiger partial charge < -0.3 is 18.9 Å². The molecule has 2 aliphatic heterocycles. The Labute approximate surface area is 230 Å². The summed E-state index contributed by atoms with van der Waals surface area (Å²) in [5.41, 5.74) is 0.0196. The van der Waals surface area contributed by atoms with Crippen LogP contribution in [0.5, 0.6) is 11.5 Å². The first kappa shape index (κ1) is 27.9. The summed E-state index contributed by atoms with van der Waals surface area (Å²) in [5.74, 6) is 0.705. The number of hydrogen-bond donors (Lipinski definition) is 1. The van der Waals surface area contributed by atoms with Gasteiger partial charge in [0.2, 0.25) is 5.95 Å². The fraction of sp³-hybridized carbons (Fsp3) is 0.464. The molecule has 1 saturated heterocycles. The lowest BCUT2D eigenvalue weighted by molar-refractivity contribution is -0.141. The van der Waals surface area contributed by atoms with Crippen molar-refractivity contribution >= 4 is 22.9 Å². The highest BCUT2D eigenvalue weighted by molar-refractivity contribution is 6.04. The molecule has 2 aliphatic rings. The van der Waals surface area contributed by atoms with Crippen LogP contribution in [0.1, 0.15) is 41.4 Å². The molecule has 12 heteroatoms. The Kier molecular flexibility index (Phi) is 8.27. The van der Waals surface area contributed by atoms with Gasteiger partial charge in [-0.25, -0.2) is 4.98 Å². The van der Waals surface area contributed by atoms with E-state index in [1.54, 1.807) is 6.07 Å². The molecular weight excluding hydrogens is 525 g/mol. The summed E-state index contributed by atoms with van der Waals surface area (Å²) in [5, 5.41) is 2.78. The molecule has 1 N–H and O–H groups in total. The lowest BCUT2D eigenvalue weighted by Gasteiger charge is -2.27. The Hall–Kier alpha value is -3.64. The number of carbonyl (C=O) groups is 1. The third kappa shape index (κ3) is 6.23. The SMILES string of the molecule is CN(C)C/C=C/CN1CCCC[C@@H](n2c(NC(=O)c3ccnc(C(F)(F)F)c3)nc3ccc4c(c32)OCCO4)C1. The number of likely N-dealkylation sites (tertiary alicyclic amines) is 1. The van der Waals surface area contributed by atoms with E-state index >= 15 is 0 Å². The molecule has 9 nitrogen and oxygen atoms in total. The number of pyridine rings is 1. The lowest BCUT2D eigenvalue weighted by Crippen LogP contribution is -2.31. The summed E-state index contributed by atoms with van der Waals surface area (Å²) < 4.78 is 53.5. The predicted molar refractivity (Wildman–Crippen MR) is 145 cm³/mol. The number of nitrogens with zero attached hydrogens (tertiary/aromatic N) is 5. The second-order valence-electron chi connectivity index (χ2n) is 10.3. The van der Waals surface area contributed by atoms with Crippen LogP contribution in [0, 0.1) is 0 Å². The molecule has 5 rings (SSSR count). The van der Waals surface area contributed by atoms with Crippen LogP contribution in [0.25, 0.3) is 11.0 Å². The van der Waals surface area contributed by atoms with E-state index in [4.69, 9.17) is 14.5 Å². The Balaban J connectivity index is 1.51. The van der Waals surface area contributed by atoms with E-state index < -0.39 is 17.8 Å². The van der Waals surface area contributed by atoms with Gasteiger partial charge in [0.15, 0.2) is 11.5 Å². The van der Waals surface area contributed by atoms with Gasteiger partial charge in [-0.2, -0.15) is 13.2 Å². The fourth-order valence-electron chi connectivity index (χ4n) is 5.11. The zero-order valence-electron chi connectivity index (χ0n) is 22.6. The summed E-state index contributed by atoms with van der Waals surface area (Å²) in [6.07, 6.45) is 3.47. The van der Waals surface area contributed by atoms with Crippen molar-refractivity contribution in [2.24, 2.45) is 0 Å². The molecule has 0 radical (unpaired) electrons. The minimum atomic E-state index is -4.66. The van der Waals surface area contributed by atoms with E-state index in [0.29, 0.717) is 42.3 Å². The van der Waals surface area contributed by atoms with Crippen molar-refractivity contribution in [2.75, 3.05) is 58.8 Å². The molecule has 0 saturated carbocycles. The average molecular weight is 559 g/mol. The summed E-state index contributed by atoms with van der Waals surface area (Å²) in [4.78, 5) is 25.7. The minimum Gasteiger partial charge on any atom is -0.486 e. The maximum atomic E-state index is 13.2. The molecule has 1 aromatic carbocycles. The molecule has 2 aromatic heterocycles. The normalized spacial score (nSPS) is 18.4. The molecule has 1 amide bonds. The highest BCUT2D eigenvalue weighted by Crippen LogP contribution is 2.41. The number of carbonyl (C=O) groups excluding carboxylic acids is 1. The van der Waals surface area contributed by atoms with Gasteiger partial charge in [0.05, 0.1) is 5.52 Å². The number of anilines is 1. The van der Waals surface area contributed by atoms with E-state index in [-0.39, 0.29) is 17.6 Å². The minimum absolute atomic E-state index is 0.0646. The molecule has 1 fully saturated rings. The molecular formula is C28H33F3N6O3. The van der Waals surface area contributed by atoms with Gasteiger partial charge in [-0.3, -0.25) is 20.0 Å². The third-order valence-electron chi connectivity index (χ3n) is 6.99. The number of ether oxygens (including phenoxy) is 2. The van der Waals surface area contributed by atoms with Crippen molar-refractivity contribution in [2.45, 2.75) is 31.5 Å². The second kappa shape index (κ2) is 11.8. The molecule has 0 bridgehead atoms. The molecule has 40 heavy (non-hydrogen) atoms. The van der Waals surface area contributed by atoms with Crippen LogP contribution < -0.4 is 14.8 Å². The second-order valence-corrected chi connectivity index (χ2v) is 10.3. The number of aromatic nitrogens is 3. The van der Waals surface area contributed by atoms with Crippen LogP contribution in [-0.2, 0) is 6.18 Å². The number of rotatable bonds is 7. The Morgan fingerprint density at radius 2 is 2.00 bits per heavy atom. The van der Waals surface area contributed by atoms with Gasteiger partial charge in [-0.1, -0.05) is 18.6 Å². The first-order valence-corrected chi connectivity index (χ1v) is 13.4. The largest absolute Gasteiger partial charge is 0.486 e. The van der Waals surface area contributed by atoms with E-state index in [1.807, 2.05) is 24.7 Å². The third-order valence-corrected chi connectivity index (χ3v) is 6.99. The van der Waals surface area contributed by atoms with Crippen molar-refractivity contribution in [3.05, 3.63) is 53.9 Å². The van der Waals surface area contributed by atoms with Crippen molar-refractivity contribution in [1.29, 1.82) is 0 Å². The molecule has 3 aromatic rings. The van der Waals surface area contributed by atoms with Crippen molar-refractivity contribution in [1.82, 2.24) is 24.3 Å². The van der Waals surface area contributed by atoms with Crippen LogP contribution in [0.15, 0.2) is 42.6 Å². The summed E-state index contributed by atoms with van der Waals surface area (Å²) in [6.45, 7) is 4.09. The number of likely N-dealkylation sites (N-methyl/N-ethyl adjacent to an activating group) is 1. The lowest BCUT2D eigenvalue weighted by atomic mass is 10.1. The number of amides is 1. The van der Waals surface area contributed by atoms with Crippen LogP contribution in [-0.4, -0.2) is 83.7 Å². The van der Waals surface area contributed by atoms with E-state index in [1.165, 1.54) is 6.07 Å². The van der Waals surface area contributed by atoms with E-state index in [0.717, 1.165) is 51.2 Å². The fourth-order valence-corrected chi connectivity index (χ4v) is 5.11. The quantitative estimate of drug-likeness (QED) is 0.424. The van der Waals surface area contributed by atoms with Crippen LogP contribution >= 0.6 is 0 Å². The summed E-state index contributed by atoms with van der Waals surface area (Å²) in [6, 6.07) is 5.53. The Bertz CT molecular complexity index is 1390. The van der Waals surface area contributed by atoms with Crippen LogP contribution in [0.3, 0.4) is 0 Å². The van der Waals surface area contributed by atoms with E-state index in [9.17, 15) is 18.0 Å². The topological polar surface area (TPSA) is 84.8 Å². The Morgan fingerprint density at radius 1 is 1.18 bits per heavy atom. The average Bonchev–Trinajstić information content (AvgIpc) is 3.13. The predicted octanol–water partition coefficient (Wildman–Crippen LogP) is 4.62. The number of benzene rings is 1. The number of imidazole rings is 1. The monoisotopic (exact) mass is 558 g/mol. The molecule has 0 spiro atoms. The van der Waals surface area contributed by atoms with Gasteiger partial charge in [0.25, 0.3) is 5.91 Å². The smallest absolute Gasteiger partial charge is 0.433 e. The molecule has 1 atom stereocenters. The maximum Gasteiger partial charge on any atom is 0.433 e. The molecule has 0 aliphatic carbocycles.